The predicted molar refractivity (Wildman–Crippen MR) is 85.5 cm³/mol. The Bertz CT molecular complexity index is 453. The Balaban J connectivity index is 5.21. The molecule has 0 aliphatic rings. The number of amides is 1. The fraction of sp³-hybridized carbons (Fsp3) is 0.750. The molecule has 0 aliphatic carbocycles. The molecule has 0 aromatic carbocycles. The number of nitrogens with one attached hydrogen (secondary N) is 2. The van der Waals surface area contributed by atoms with E-state index in [2.05, 4.69) is 17.2 Å². The Morgan fingerprint density at radius 1 is 1.20 bits per heavy atom. The van der Waals surface area contributed by atoms with Crippen LogP contribution in [0.15, 0.2) is 12.8 Å². The molecule has 9 heteroatoms. The normalized spacial score (nSPS) is 16.6. The van der Waals surface area contributed by atoms with E-state index < -0.39 is 55.1 Å². The van der Waals surface area contributed by atoms with Gasteiger partial charge in [-0.25, -0.2) is 4.39 Å². The predicted octanol–water partition coefficient (Wildman–Crippen LogP) is 3.02. The molecule has 146 valence electrons. The average molecular weight is 370 g/mol. The summed E-state index contributed by atoms with van der Waals surface area (Å²) in [6.07, 6.45) is -6.96. The van der Waals surface area contributed by atoms with Gasteiger partial charge >= 0.3 is 12.1 Å². The highest BCUT2D eigenvalue weighted by atomic mass is 19.4. The minimum absolute atomic E-state index is 0.106. The van der Waals surface area contributed by atoms with Crippen molar-refractivity contribution in [3.8, 4) is 0 Å². The first-order valence-corrected chi connectivity index (χ1v) is 7.98. The molecule has 2 unspecified atom stereocenters. The fourth-order valence-corrected chi connectivity index (χ4v) is 2.46. The molecule has 5 nitrogen and oxygen atoms in total. The summed E-state index contributed by atoms with van der Waals surface area (Å²) in [6.45, 7) is 7.90. The molecule has 0 heterocycles. The van der Waals surface area contributed by atoms with Gasteiger partial charge in [-0.3, -0.25) is 9.59 Å². The van der Waals surface area contributed by atoms with Crippen LogP contribution in [0.2, 0.25) is 0 Å². The van der Waals surface area contributed by atoms with Crippen LogP contribution in [0.4, 0.5) is 17.6 Å². The number of carboxylic acid groups (broad SMARTS) is 1. The number of rotatable bonds is 11. The first-order valence-electron chi connectivity index (χ1n) is 7.98. The number of alkyl halides is 4. The molecule has 0 aliphatic heterocycles. The Labute approximate surface area is 144 Å². The number of aliphatic carboxylic acids is 1. The summed E-state index contributed by atoms with van der Waals surface area (Å²) in [4.78, 5) is 23.2. The smallest absolute Gasteiger partial charge is 0.394 e. The number of carbonyl (C=O) groups excluding carboxylic acids is 1. The fourth-order valence-electron chi connectivity index (χ4n) is 2.46. The zero-order valence-corrected chi connectivity index (χ0v) is 14.6. The third kappa shape index (κ3) is 9.31. The van der Waals surface area contributed by atoms with Crippen molar-refractivity contribution in [3.05, 3.63) is 12.8 Å². The van der Waals surface area contributed by atoms with Crippen molar-refractivity contribution in [2.24, 2.45) is 11.8 Å². The molecule has 0 bridgehead atoms. The second-order valence-electron chi connectivity index (χ2n) is 6.42. The van der Waals surface area contributed by atoms with Crippen molar-refractivity contribution in [3.63, 3.8) is 0 Å². The average Bonchev–Trinajstić information content (AvgIpc) is 2.41. The summed E-state index contributed by atoms with van der Waals surface area (Å²) in [6, 6.07) is -2.10. The maximum atomic E-state index is 13.3. The van der Waals surface area contributed by atoms with Gasteiger partial charge in [-0.05, 0) is 31.9 Å². The van der Waals surface area contributed by atoms with E-state index in [9.17, 15) is 27.2 Å². The number of halogens is 4. The summed E-state index contributed by atoms with van der Waals surface area (Å²) in [5, 5.41) is 13.9. The molecule has 0 fully saturated rings. The van der Waals surface area contributed by atoms with Gasteiger partial charge in [0, 0.05) is 6.04 Å². The number of hydrogen-bond acceptors (Lipinski definition) is 3. The largest absolute Gasteiger partial charge is 0.481 e. The highest BCUT2D eigenvalue weighted by Crippen LogP contribution is 2.34. The molecule has 0 radical (unpaired) electrons. The van der Waals surface area contributed by atoms with Crippen LogP contribution in [0.5, 0.6) is 0 Å². The molecule has 4 atom stereocenters. The van der Waals surface area contributed by atoms with Crippen LogP contribution in [0.25, 0.3) is 0 Å². The Kier molecular flexibility index (Phi) is 9.51. The number of hydrogen-bond donors (Lipinski definition) is 3. The van der Waals surface area contributed by atoms with Crippen LogP contribution in [0.3, 0.4) is 0 Å². The van der Waals surface area contributed by atoms with Gasteiger partial charge in [-0.2, -0.15) is 13.2 Å². The number of carbonyl (C=O) groups is 2. The molecular weight excluding hydrogens is 344 g/mol. The summed E-state index contributed by atoms with van der Waals surface area (Å²) in [7, 11) is 0. The van der Waals surface area contributed by atoms with Crippen LogP contribution in [0.1, 0.15) is 40.0 Å². The Hall–Kier alpha value is -1.80. The standard InChI is InChI=1S/C16H26F4N2O3/c1-5-21-13(6-9(2)3)15(25)22-11(8-14(23)24)7-12(10(4)17)16(18,19)20/h5,9-13,21H,1,6-8H2,2-4H3,(H,22,25)(H,23,24)/t10-,11+,12?,13?/m0/s1. The summed E-state index contributed by atoms with van der Waals surface area (Å²) >= 11 is 0. The lowest BCUT2D eigenvalue weighted by Gasteiger charge is -2.28. The van der Waals surface area contributed by atoms with Gasteiger partial charge in [0.05, 0.1) is 12.3 Å². The van der Waals surface area contributed by atoms with Crippen LogP contribution in [-0.2, 0) is 9.59 Å². The van der Waals surface area contributed by atoms with Gasteiger partial charge in [0.15, 0.2) is 0 Å². The first kappa shape index (κ1) is 23.2. The van der Waals surface area contributed by atoms with Crippen molar-refractivity contribution >= 4 is 11.9 Å². The minimum Gasteiger partial charge on any atom is -0.481 e. The molecule has 3 N–H and O–H groups in total. The van der Waals surface area contributed by atoms with Gasteiger partial charge in [0.25, 0.3) is 0 Å². The van der Waals surface area contributed by atoms with Gasteiger partial charge in [0.2, 0.25) is 5.91 Å². The zero-order chi connectivity index (χ0) is 19.8. The van der Waals surface area contributed by atoms with E-state index in [4.69, 9.17) is 5.11 Å². The molecule has 0 saturated heterocycles. The Morgan fingerprint density at radius 2 is 1.76 bits per heavy atom. The van der Waals surface area contributed by atoms with E-state index in [1.54, 1.807) is 0 Å². The lowest BCUT2D eigenvalue weighted by atomic mass is 9.93. The van der Waals surface area contributed by atoms with Gasteiger partial charge in [-0.1, -0.05) is 20.4 Å². The lowest BCUT2D eigenvalue weighted by molar-refractivity contribution is -0.193. The van der Waals surface area contributed by atoms with E-state index in [1.165, 1.54) is 6.20 Å². The highest BCUT2D eigenvalue weighted by molar-refractivity contribution is 5.82. The maximum absolute atomic E-state index is 13.3. The van der Waals surface area contributed by atoms with Crippen molar-refractivity contribution in [1.82, 2.24) is 10.6 Å². The maximum Gasteiger partial charge on any atom is 0.394 e. The van der Waals surface area contributed by atoms with Crippen LogP contribution in [-0.4, -0.2) is 41.4 Å². The van der Waals surface area contributed by atoms with E-state index in [-0.39, 0.29) is 5.92 Å². The van der Waals surface area contributed by atoms with Crippen molar-refractivity contribution < 1.29 is 32.3 Å². The summed E-state index contributed by atoms with van der Waals surface area (Å²) < 4.78 is 52.1. The van der Waals surface area contributed by atoms with Crippen molar-refractivity contribution in [1.29, 1.82) is 0 Å². The van der Waals surface area contributed by atoms with Gasteiger partial charge < -0.3 is 15.7 Å². The van der Waals surface area contributed by atoms with Crippen LogP contribution < -0.4 is 10.6 Å². The quantitative estimate of drug-likeness (QED) is 0.489. The zero-order valence-electron chi connectivity index (χ0n) is 14.6. The molecule has 0 spiro atoms. The molecule has 0 saturated carbocycles. The minimum atomic E-state index is -4.83. The lowest BCUT2D eigenvalue weighted by Crippen LogP contribution is -2.49. The van der Waals surface area contributed by atoms with E-state index in [0.29, 0.717) is 6.42 Å². The topological polar surface area (TPSA) is 78.4 Å². The number of carboxylic acids is 1. The van der Waals surface area contributed by atoms with E-state index in [0.717, 1.165) is 6.92 Å². The Morgan fingerprint density at radius 3 is 2.12 bits per heavy atom. The first-order chi connectivity index (χ1) is 11.4. The van der Waals surface area contributed by atoms with Gasteiger partial charge in [-0.15, -0.1) is 0 Å². The molecule has 0 aromatic rings. The molecule has 25 heavy (non-hydrogen) atoms. The summed E-state index contributed by atoms with van der Waals surface area (Å²) in [5.74, 6) is -4.27. The van der Waals surface area contributed by atoms with Crippen LogP contribution in [0, 0.1) is 11.8 Å². The third-order valence-corrected chi connectivity index (χ3v) is 3.62. The summed E-state index contributed by atoms with van der Waals surface area (Å²) in [5.41, 5.74) is 0. The molecule has 0 rings (SSSR count). The van der Waals surface area contributed by atoms with Crippen molar-refractivity contribution in [2.75, 3.05) is 0 Å². The monoisotopic (exact) mass is 370 g/mol. The van der Waals surface area contributed by atoms with Crippen LogP contribution >= 0.6 is 0 Å². The van der Waals surface area contributed by atoms with Gasteiger partial charge in [0.1, 0.15) is 12.2 Å². The molecule has 1 amide bonds. The SMILES string of the molecule is C=CNC(CC(C)C)C(=O)N[C@@H](CC(=O)O)CC([C@H](C)F)C(F)(F)F. The highest BCUT2D eigenvalue weighted by Gasteiger charge is 2.45. The second-order valence-corrected chi connectivity index (χ2v) is 6.42. The molecular formula is C16H26F4N2O3. The molecule has 0 aromatic heterocycles. The van der Waals surface area contributed by atoms with E-state index in [1.807, 2.05) is 13.8 Å². The van der Waals surface area contributed by atoms with Crippen molar-refractivity contribution in [2.45, 2.75) is 64.5 Å². The van der Waals surface area contributed by atoms with E-state index >= 15 is 0 Å². The third-order valence-electron chi connectivity index (χ3n) is 3.62. The second kappa shape index (κ2) is 10.2.